The van der Waals surface area contributed by atoms with Crippen LogP contribution in [0, 0.1) is 53.8 Å². The molecule has 7 rings (SSSR count). The van der Waals surface area contributed by atoms with Gasteiger partial charge in [-0.2, -0.15) is 21.9 Å². The molecule has 0 amide bonds. The molecule has 2 radical (unpaired) electrons. The number of benzene rings is 5. The summed E-state index contributed by atoms with van der Waals surface area (Å²) in [6, 6.07) is 53.8. The summed E-state index contributed by atoms with van der Waals surface area (Å²) in [7, 11) is 0. The summed E-state index contributed by atoms with van der Waals surface area (Å²) in [4.78, 5) is 0. The zero-order valence-electron chi connectivity index (χ0n) is 53.1. The van der Waals surface area contributed by atoms with Crippen LogP contribution in [-0.4, -0.2) is 87.5 Å². The Hall–Kier alpha value is -0.989. The third kappa shape index (κ3) is 87.9. The van der Waals surface area contributed by atoms with Gasteiger partial charge in [-0.1, -0.05) is 282 Å². The van der Waals surface area contributed by atoms with Crippen LogP contribution in [0.15, 0.2) is 152 Å². The van der Waals surface area contributed by atoms with Crippen molar-refractivity contribution in [2.45, 2.75) is 212 Å². The Kier molecular flexibility index (Phi) is 87.4. The molecule has 2 aliphatic rings. The minimum absolute atomic E-state index is 0. The summed E-state index contributed by atoms with van der Waals surface area (Å²) in [6.45, 7) is 35.1. The Labute approximate surface area is 572 Å². The summed E-state index contributed by atoms with van der Waals surface area (Å²) >= 11 is 0. The van der Waals surface area contributed by atoms with Gasteiger partial charge in [0.25, 0.3) is 0 Å². The molecule has 0 spiro atoms. The predicted molar refractivity (Wildman–Crippen MR) is 318 cm³/mol. The van der Waals surface area contributed by atoms with E-state index >= 15 is 0 Å². The van der Waals surface area contributed by atoms with Gasteiger partial charge in [0.15, 0.2) is 0 Å². The Bertz CT molecular complexity index is 1540. The van der Waals surface area contributed by atoms with Crippen molar-refractivity contribution in [2.75, 3.05) is 26.4 Å². The first-order valence-electron chi connectivity index (χ1n) is 27.9. The number of hydrogen-bond donors (Lipinski definition) is 0. The molecule has 11 nitrogen and oxygen atoms in total. The molecule has 81 heavy (non-hydrogen) atoms. The number of rotatable bonds is 4. The van der Waals surface area contributed by atoms with Crippen molar-refractivity contribution in [3.05, 3.63) is 157 Å². The van der Waals surface area contributed by atoms with Crippen LogP contribution in [0.4, 0.5) is 0 Å². The molecule has 0 aliphatic carbocycles. The molecule has 0 aromatic heterocycles. The maximum absolute atomic E-state index is 9.53. The van der Waals surface area contributed by atoms with Gasteiger partial charge in [0.1, 0.15) is 6.15 Å². The maximum Gasteiger partial charge on any atom is 4.00 e. The molecule has 0 atom stereocenters. The second-order valence-electron chi connectivity index (χ2n) is 20.2. The number of aryl methyl sites for hydroxylation is 1. The minimum Gasteiger partial charge on any atom is -0.852 e. The van der Waals surface area contributed by atoms with Gasteiger partial charge in [0.2, 0.25) is 0 Å². The quantitative estimate of drug-likeness (QED) is 0.229. The number of ether oxygens (including phenoxy) is 2. The fraction of sp³-hybridized carbons (Fsp3) is 0.545. The van der Waals surface area contributed by atoms with E-state index in [-0.39, 0.29) is 99.3 Å². The molecule has 0 saturated carbocycles. The maximum atomic E-state index is 9.53. The van der Waals surface area contributed by atoms with E-state index in [4.69, 9.17) is 9.47 Å². The first kappa shape index (κ1) is 99.1. The molecule has 462 valence electrons. The second kappa shape index (κ2) is 71.5. The standard InChI is InChI=1S/C24H20B.C7H8.2C4H8O.9C3H7O.Yb.2Zr/c1-5-13-21(14-6-1)25(22-15-7-2-8-16-22,23-17-9-3-10-18-23)24-19-11-4-12-20-24;1-7-5-3-2-4-6-7;2*1-2-4-5-3-1;9*1-3(2)4;;;/h1-20H;2-6H,1H3;2*1-4H2;9*3H,1-2H3;;;/q-1;;;;9*-1;2*+3;+4. The SMILES string of the molecule is C1CCOC1.C1CCOC1.CC(C)[O-].CC(C)[O-].CC(C)[O-].CC(C)[O-].CC(C)[O-].CC(C)[O-].CC(C)[O-].CC(C)[O-].CC(C)[O-].Cc1ccccc1.[Yb+3].[Zr+3].[Zr+4].c1ccc([B-](c2ccccc2)(c2ccccc2)c2ccccc2)cc1. The molecule has 2 aliphatic heterocycles. The Morgan fingerprint density at radius 2 is 0.407 bits per heavy atom. The number of hydrogen-bond acceptors (Lipinski definition) is 11. The van der Waals surface area contributed by atoms with Gasteiger partial charge >= 0.3 is 99.3 Å². The van der Waals surface area contributed by atoms with Crippen molar-refractivity contribution in [2.24, 2.45) is 0 Å². The van der Waals surface area contributed by atoms with E-state index in [1.807, 2.05) is 18.2 Å². The first-order chi connectivity index (χ1) is 36.4. The van der Waals surface area contributed by atoms with E-state index in [0.29, 0.717) is 0 Å². The summed E-state index contributed by atoms with van der Waals surface area (Å²) in [5, 5.41) is 85.8. The fourth-order valence-corrected chi connectivity index (χ4v) is 5.68. The molecule has 2 heterocycles. The van der Waals surface area contributed by atoms with Gasteiger partial charge in [0, 0.05) is 26.4 Å². The fourth-order valence-electron chi connectivity index (χ4n) is 5.68. The van der Waals surface area contributed by atoms with Gasteiger partial charge < -0.3 is 55.4 Å². The van der Waals surface area contributed by atoms with Gasteiger partial charge in [-0.25, -0.2) is 0 Å². The summed E-state index contributed by atoms with van der Waals surface area (Å²) in [5.74, 6) is 0. The van der Waals surface area contributed by atoms with Crippen LogP contribution in [0.25, 0.3) is 0 Å². The van der Waals surface area contributed by atoms with E-state index < -0.39 is 61.1 Å². The van der Waals surface area contributed by atoms with Gasteiger partial charge in [-0.15, -0.1) is 54.9 Å². The van der Waals surface area contributed by atoms with Gasteiger partial charge in [-0.05, 0) is 32.6 Å². The minimum atomic E-state index is -1.22. The van der Waals surface area contributed by atoms with E-state index in [1.54, 1.807) is 125 Å². The topological polar surface area (TPSA) is 226 Å². The smallest absolute Gasteiger partial charge is 0.852 e. The molecular formula is C66H107BO11YbZr2. The Morgan fingerprint density at radius 3 is 0.494 bits per heavy atom. The van der Waals surface area contributed by atoms with E-state index in [1.165, 1.54) is 53.1 Å². The Balaban J connectivity index is -0.000000111. The summed E-state index contributed by atoms with van der Waals surface area (Å²) in [6.07, 6.45) is 0.146. The first-order valence-corrected chi connectivity index (χ1v) is 27.9. The monoisotopic (exact) mass is 1440 g/mol. The molecule has 0 unspecified atom stereocenters. The molecular weight excluding hydrogens is 1340 g/mol. The summed E-state index contributed by atoms with van der Waals surface area (Å²) < 4.78 is 9.89. The van der Waals surface area contributed by atoms with Gasteiger partial charge in [0.05, 0.1) is 0 Å². The Morgan fingerprint density at radius 1 is 0.284 bits per heavy atom. The average molecular weight is 1440 g/mol. The van der Waals surface area contributed by atoms with Crippen LogP contribution in [0.5, 0.6) is 0 Å². The van der Waals surface area contributed by atoms with Crippen LogP contribution in [0.1, 0.15) is 156 Å². The third-order valence-corrected chi connectivity index (χ3v) is 7.79. The van der Waals surface area contributed by atoms with Crippen molar-refractivity contribution in [1.29, 1.82) is 0 Å². The van der Waals surface area contributed by atoms with Crippen molar-refractivity contribution in [3.8, 4) is 0 Å². The van der Waals surface area contributed by atoms with Crippen molar-refractivity contribution in [3.63, 3.8) is 0 Å². The predicted octanol–water partition coefficient (Wildman–Crippen LogP) is 4.44. The van der Waals surface area contributed by atoms with Crippen LogP contribution in [0.2, 0.25) is 0 Å². The van der Waals surface area contributed by atoms with E-state index in [0.717, 1.165) is 26.4 Å². The summed E-state index contributed by atoms with van der Waals surface area (Å²) in [5.41, 5.74) is 6.68. The van der Waals surface area contributed by atoms with E-state index in [2.05, 4.69) is 140 Å². The molecule has 15 heteroatoms. The average Bonchev–Trinajstić information content (AvgIpc) is 4.12. The molecule has 0 N–H and O–H groups in total. The molecule has 2 fully saturated rings. The van der Waals surface area contributed by atoms with Crippen LogP contribution in [0.3, 0.4) is 0 Å². The molecule has 5 aromatic rings. The van der Waals surface area contributed by atoms with Gasteiger partial charge in [-0.3, -0.25) is 0 Å². The zero-order chi connectivity index (χ0) is 61.3. The molecule has 2 saturated heterocycles. The van der Waals surface area contributed by atoms with Crippen molar-refractivity contribution < 1.29 is 155 Å². The van der Waals surface area contributed by atoms with Crippen LogP contribution < -0.4 is 67.8 Å². The van der Waals surface area contributed by atoms with E-state index in [9.17, 15) is 46.0 Å². The second-order valence-corrected chi connectivity index (χ2v) is 20.2. The molecule has 0 bridgehead atoms. The zero-order valence-corrected chi connectivity index (χ0v) is 59.8. The third-order valence-electron chi connectivity index (χ3n) is 7.79. The van der Waals surface area contributed by atoms with Crippen LogP contribution >= 0.6 is 0 Å². The van der Waals surface area contributed by atoms with Crippen molar-refractivity contribution in [1.82, 2.24) is 0 Å². The molecule has 5 aromatic carbocycles. The van der Waals surface area contributed by atoms with Crippen LogP contribution in [-0.2, 0) is 61.9 Å². The largest absolute Gasteiger partial charge is 4.00 e. The van der Waals surface area contributed by atoms with Crippen molar-refractivity contribution >= 4 is 28.0 Å². The normalized spacial score (nSPS) is 11.2.